The van der Waals surface area contributed by atoms with Crippen LogP contribution in [0.25, 0.3) is 0 Å². The first kappa shape index (κ1) is 19.4. The summed E-state index contributed by atoms with van der Waals surface area (Å²) in [5.41, 5.74) is 5.14. The Bertz CT molecular complexity index is 893. The first-order valence-corrected chi connectivity index (χ1v) is 8.94. The molecule has 28 heavy (non-hydrogen) atoms. The molecule has 1 atom stereocenters. The molecule has 2 aromatic rings. The standard InChI is InChI=1S/C21H23N3O4/c1-14-4-7-17(8-5-14)24-13-16(10-20(24)25)21(26)23-22-12-15-6-9-18(27-2)11-19(15)28-3/h4-9,11-12,16H,10,13H2,1-3H3,(H,23,26)/b22-12+/t16-/m1/s1. The van der Waals surface area contributed by atoms with Crippen molar-refractivity contribution in [3.05, 3.63) is 53.6 Å². The number of carbonyl (C=O) groups is 2. The van der Waals surface area contributed by atoms with Gasteiger partial charge in [-0.2, -0.15) is 5.10 Å². The molecule has 0 radical (unpaired) electrons. The van der Waals surface area contributed by atoms with Crippen LogP contribution in [0.5, 0.6) is 11.5 Å². The molecular formula is C21H23N3O4. The quantitative estimate of drug-likeness (QED) is 0.616. The summed E-state index contributed by atoms with van der Waals surface area (Å²) in [4.78, 5) is 26.3. The lowest BCUT2D eigenvalue weighted by atomic mass is 10.1. The Labute approximate surface area is 163 Å². The van der Waals surface area contributed by atoms with Gasteiger partial charge < -0.3 is 14.4 Å². The summed E-state index contributed by atoms with van der Waals surface area (Å²) < 4.78 is 10.4. The predicted molar refractivity (Wildman–Crippen MR) is 107 cm³/mol. The van der Waals surface area contributed by atoms with Gasteiger partial charge in [-0.15, -0.1) is 0 Å². The maximum Gasteiger partial charge on any atom is 0.245 e. The normalized spacial score (nSPS) is 16.5. The molecule has 2 aromatic carbocycles. The molecule has 2 amide bonds. The van der Waals surface area contributed by atoms with Crippen LogP contribution >= 0.6 is 0 Å². The average molecular weight is 381 g/mol. The molecule has 0 unspecified atom stereocenters. The van der Waals surface area contributed by atoms with E-state index in [4.69, 9.17) is 9.47 Å². The van der Waals surface area contributed by atoms with Crippen LogP contribution in [0.3, 0.4) is 0 Å². The lowest BCUT2D eigenvalue weighted by Crippen LogP contribution is -2.30. The molecule has 7 nitrogen and oxygen atoms in total. The molecule has 0 bridgehead atoms. The summed E-state index contributed by atoms with van der Waals surface area (Å²) in [5, 5.41) is 4.01. The van der Waals surface area contributed by atoms with E-state index in [9.17, 15) is 9.59 Å². The van der Waals surface area contributed by atoms with E-state index in [2.05, 4.69) is 10.5 Å². The van der Waals surface area contributed by atoms with Gasteiger partial charge in [0.25, 0.3) is 0 Å². The zero-order chi connectivity index (χ0) is 20.1. The first-order chi connectivity index (χ1) is 13.5. The van der Waals surface area contributed by atoms with Crippen molar-refractivity contribution in [1.82, 2.24) is 5.43 Å². The van der Waals surface area contributed by atoms with Gasteiger partial charge in [0, 0.05) is 30.3 Å². The Kier molecular flexibility index (Phi) is 5.93. The molecular weight excluding hydrogens is 358 g/mol. The van der Waals surface area contributed by atoms with Gasteiger partial charge in [-0.25, -0.2) is 5.43 Å². The molecule has 1 N–H and O–H groups in total. The van der Waals surface area contributed by atoms with Crippen molar-refractivity contribution in [3.8, 4) is 11.5 Å². The second kappa shape index (κ2) is 8.56. The van der Waals surface area contributed by atoms with E-state index in [1.54, 1.807) is 37.3 Å². The number of benzene rings is 2. The third-order valence-corrected chi connectivity index (χ3v) is 4.66. The number of carbonyl (C=O) groups excluding carboxylic acids is 2. The highest BCUT2D eigenvalue weighted by molar-refractivity contribution is 6.00. The third kappa shape index (κ3) is 4.31. The van der Waals surface area contributed by atoms with Crippen LogP contribution in [0.1, 0.15) is 17.5 Å². The molecule has 0 aliphatic carbocycles. The molecule has 146 valence electrons. The van der Waals surface area contributed by atoms with E-state index in [0.29, 0.717) is 23.6 Å². The van der Waals surface area contributed by atoms with Crippen LogP contribution in [0.2, 0.25) is 0 Å². The molecule has 1 aliphatic rings. The lowest BCUT2D eigenvalue weighted by molar-refractivity contribution is -0.126. The van der Waals surface area contributed by atoms with Gasteiger partial charge in [0.1, 0.15) is 11.5 Å². The number of aryl methyl sites for hydroxylation is 1. The van der Waals surface area contributed by atoms with Gasteiger partial charge in [0.15, 0.2) is 0 Å². The topological polar surface area (TPSA) is 80.2 Å². The zero-order valence-corrected chi connectivity index (χ0v) is 16.1. The Balaban J connectivity index is 1.62. The zero-order valence-electron chi connectivity index (χ0n) is 16.1. The van der Waals surface area contributed by atoms with E-state index in [0.717, 1.165) is 11.3 Å². The third-order valence-electron chi connectivity index (χ3n) is 4.66. The van der Waals surface area contributed by atoms with Gasteiger partial charge in [-0.3, -0.25) is 9.59 Å². The fourth-order valence-corrected chi connectivity index (χ4v) is 3.04. The van der Waals surface area contributed by atoms with E-state index in [1.165, 1.54) is 6.21 Å². The van der Waals surface area contributed by atoms with Crippen LogP contribution in [0.4, 0.5) is 5.69 Å². The van der Waals surface area contributed by atoms with E-state index < -0.39 is 5.92 Å². The number of anilines is 1. The molecule has 3 rings (SSSR count). The molecule has 0 spiro atoms. The second-order valence-corrected chi connectivity index (χ2v) is 6.58. The van der Waals surface area contributed by atoms with Crippen LogP contribution in [-0.4, -0.2) is 38.8 Å². The van der Waals surface area contributed by atoms with Gasteiger partial charge in [-0.05, 0) is 31.2 Å². The maximum atomic E-state index is 12.4. The van der Waals surface area contributed by atoms with Gasteiger partial charge in [0.2, 0.25) is 11.8 Å². The predicted octanol–water partition coefficient (Wildman–Crippen LogP) is 2.52. The van der Waals surface area contributed by atoms with Crippen molar-refractivity contribution in [2.24, 2.45) is 11.0 Å². The summed E-state index contributed by atoms with van der Waals surface area (Å²) in [6.07, 6.45) is 1.67. The van der Waals surface area contributed by atoms with Crippen molar-refractivity contribution in [2.75, 3.05) is 25.7 Å². The summed E-state index contributed by atoms with van der Waals surface area (Å²) in [7, 11) is 3.13. The van der Waals surface area contributed by atoms with Crippen LogP contribution in [0.15, 0.2) is 47.6 Å². The Hall–Kier alpha value is -3.35. The molecule has 1 saturated heterocycles. The number of hydrogen-bond donors (Lipinski definition) is 1. The van der Waals surface area contributed by atoms with Crippen molar-refractivity contribution in [1.29, 1.82) is 0 Å². The van der Waals surface area contributed by atoms with E-state index in [-0.39, 0.29) is 18.2 Å². The number of hydrazone groups is 1. The van der Waals surface area contributed by atoms with Crippen LogP contribution in [0, 0.1) is 12.8 Å². The first-order valence-electron chi connectivity index (χ1n) is 8.94. The summed E-state index contributed by atoms with van der Waals surface area (Å²) in [5.74, 6) is 0.456. The monoisotopic (exact) mass is 381 g/mol. The summed E-state index contributed by atoms with van der Waals surface area (Å²) in [6.45, 7) is 2.33. The van der Waals surface area contributed by atoms with Crippen LogP contribution in [-0.2, 0) is 9.59 Å². The summed E-state index contributed by atoms with van der Waals surface area (Å²) >= 11 is 0. The van der Waals surface area contributed by atoms with Gasteiger partial charge >= 0.3 is 0 Å². The number of methoxy groups -OCH3 is 2. The van der Waals surface area contributed by atoms with Crippen molar-refractivity contribution < 1.29 is 19.1 Å². The van der Waals surface area contributed by atoms with E-state index >= 15 is 0 Å². The minimum Gasteiger partial charge on any atom is -0.497 e. The van der Waals surface area contributed by atoms with E-state index in [1.807, 2.05) is 31.2 Å². The Morgan fingerprint density at radius 2 is 1.93 bits per heavy atom. The van der Waals surface area contributed by atoms with Crippen molar-refractivity contribution in [2.45, 2.75) is 13.3 Å². The summed E-state index contributed by atoms with van der Waals surface area (Å²) in [6, 6.07) is 13.0. The maximum absolute atomic E-state index is 12.4. The number of nitrogens with one attached hydrogen (secondary N) is 1. The highest BCUT2D eigenvalue weighted by Gasteiger charge is 2.35. The van der Waals surface area contributed by atoms with Gasteiger partial charge in [-0.1, -0.05) is 17.7 Å². The number of rotatable bonds is 6. The van der Waals surface area contributed by atoms with Crippen molar-refractivity contribution >= 4 is 23.7 Å². The Morgan fingerprint density at radius 3 is 2.61 bits per heavy atom. The lowest BCUT2D eigenvalue weighted by Gasteiger charge is -2.16. The van der Waals surface area contributed by atoms with Crippen LogP contribution < -0.4 is 19.8 Å². The highest BCUT2D eigenvalue weighted by Crippen LogP contribution is 2.26. The Morgan fingerprint density at radius 1 is 1.18 bits per heavy atom. The second-order valence-electron chi connectivity index (χ2n) is 6.58. The minimum absolute atomic E-state index is 0.0650. The fraction of sp³-hybridized carbons (Fsp3) is 0.286. The number of ether oxygens (including phenoxy) is 2. The highest BCUT2D eigenvalue weighted by atomic mass is 16.5. The molecule has 1 fully saturated rings. The molecule has 0 aromatic heterocycles. The van der Waals surface area contributed by atoms with Crippen molar-refractivity contribution in [3.63, 3.8) is 0 Å². The average Bonchev–Trinajstić information content (AvgIpc) is 3.10. The number of amides is 2. The molecule has 1 heterocycles. The SMILES string of the molecule is COc1ccc(/C=N/NC(=O)[C@@H]2CC(=O)N(c3ccc(C)cc3)C2)c(OC)c1. The smallest absolute Gasteiger partial charge is 0.245 e. The molecule has 1 aliphatic heterocycles. The number of hydrogen-bond acceptors (Lipinski definition) is 5. The number of nitrogens with zero attached hydrogens (tertiary/aromatic N) is 2. The van der Waals surface area contributed by atoms with Gasteiger partial charge in [0.05, 0.1) is 26.4 Å². The largest absolute Gasteiger partial charge is 0.497 e. The minimum atomic E-state index is -0.441. The molecule has 0 saturated carbocycles. The fourth-order valence-electron chi connectivity index (χ4n) is 3.04. The molecule has 7 heteroatoms.